The Morgan fingerprint density at radius 3 is 2.32 bits per heavy atom. The molecule has 0 bridgehead atoms. The second-order valence-corrected chi connectivity index (χ2v) is 5.30. The summed E-state index contributed by atoms with van der Waals surface area (Å²) >= 11 is 0. The molecule has 0 aliphatic rings. The van der Waals surface area contributed by atoms with Gasteiger partial charge in [-0.3, -0.25) is 4.79 Å². The van der Waals surface area contributed by atoms with E-state index in [-0.39, 0.29) is 17.5 Å². The first kappa shape index (κ1) is 18.3. The highest BCUT2D eigenvalue weighted by molar-refractivity contribution is 5.76. The van der Waals surface area contributed by atoms with Crippen LogP contribution in [0.5, 0.6) is 0 Å². The van der Waals surface area contributed by atoms with Gasteiger partial charge in [-0.25, -0.2) is 0 Å². The number of nitrogens with two attached hydrogens (primary N) is 1. The van der Waals surface area contributed by atoms with Gasteiger partial charge in [-0.15, -0.1) is 0 Å². The van der Waals surface area contributed by atoms with Crippen LogP contribution in [0.25, 0.3) is 0 Å². The van der Waals surface area contributed by atoms with E-state index >= 15 is 0 Å². The van der Waals surface area contributed by atoms with Gasteiger partial charge >= 0.3 is 0 Å². The lowest BCUT2D eigenvalue weighted by Gasteiger charge is -2.30. The number of hydrogen-bond donors (Lipinski definition) is 4. The molecule has 0 radical (unpaired) electrons. The van der Waals surface area contributed by atoms with E-state index in [1.165, 1.54) is 0 Å². The number of nitrogens with one attached hydrogen (secondary N) is 3. The van der Waals surface area contributed by atoms with E-state index in [1.807, 2.05) is 27.9 Å². The Bertz CT molecular complexity index is 241. The van der Waals surface area contributed by atoms with Crippen molar-refractivity contribution in [3.05, 3.63) is 0 Å². The van der Waals surface area contributed by atoms with E-state index in [1.54, 1.807) is 0 Å². The van der Waals surface area contributed by atoms with Gasteiger partial charge in [-0.1, -0.05) is 0 Å². The quantitative estimate of drug-likeness (QED) is 0.380. The molecule has 0 aromatic rings. The third-order valence-corrected chi connectivity index (χ3v) is 2.77. The second kappa shape index (κ2) is 10.1. The smallest absolute Gasteiger partial charge is 0.222 e. The van der Waals surface area contributed by atoms with Gasteiger partial charge in [0.05, 0.1) is 12.1 Å². The molecule has 0 saturated carbocycles. The summed E-state index contributed by atoms with van der Waals surface area (Å²) < 4.78 is 5.38. The zero-order chi connectivity index (χ0) is 14.7. The van der Waals surface area contributed by atoms with Crippen molar-refractivity contribution in [2.45, 2.75) is 38.3 Å². The molecule has 1 atom stereocenters. The molecule has 1 unspecified atom stereocenters. The first-order valence-electron chi connectivity index (χ1n) is 6.87. The summed E-state index contributed by atoms with van der Waals surface area (Å²) in [4.78, 5) is 11.8. The molecular weight excluding hydrogens is 244 g/mol. The number of rotatable bonds is 11. The standard InChI is InChI=1S/C13H30N4O2/c1-11(14)5-7-19-8-6-12(18)17-13(2,9-15-3)10-16-4/h11,15-16H,5-10,14H2,1-4H3,(H,17,18). The van der Waals surface area contributed by atoms with Crippen LogP contribution in [0.3, 0.4) is 0 Å². The third kappa shape index (κ3) is 9.84. The Morgan fingerprint density at radius 1 is 1.26 bits per heavy atom. The van der Waals surface area contributed by atoms with Crippen LogP contribution in [0.2, 0.25) is 0 Å². The number of hydrogen-bond acceptors (Lipinski definition) is 5. The molecule has 0 aromatic heterocycles. The number of carbonyl (C=O) groups excluding carboxylic acids is 1. The van der Waals surface area contributed by atoms with Crippen molar-refractivity contribution in [2.24, 2.45) is 5.73 Å². The Hall–Kier alpha value is -0.690. The molecule has 0 aliphatic heterocycles. The van der Waals surface area contributed by atoms with E-state index in [9.17, 15) is 4.79 Å². The molecule has 0 heterocycles. The number of amides is 1. The third-order valence-electron chi connectivity index (χ3n) is 2.77. The van der Waals surface area contributed by atoms with E-state index in [0.717, 1.165) is 6.42 Å². The molecule has 0 aliphatic carbocycles. The lowest BCUT2D eigenvalue weighted by molar-refractivity contribution is -0.123. The highest BCUT2D eigenvalue weighted by Crippen LogP contribution is 2.01. The number of carbonyl (C=O) groups is 1. The van der Waals surface area contributed by atoms with Crippen LogP contribution < -0.4 is 21.7 Å². The summed E-state index contributed by atoms with van der Waals surface area (Å²) in [5.74, 6) is 0.00815. The Labute approximate surface area is 116 Å². The van der Waals surface area contributed by atoms with Crippen LogP contribution in [0.1, 0.15) is 26.7 Å². The van der Waals surface area contributed by atoms with Crippen LogP contribution in [-0.2, 0) is 9.53 Å². The monoisotopic (exact) mass is 274 g/mol. The lowest BCUT2D eigenvalue weighted by Crippen LogP contribution is -2.57. The number of likely N-dealkylation sites (N-methyl/N-ethyl adjacent to an activating group) is 2. The minimum atomic E-state index is -0.285. The maximum atomic E-state index is 11.8. The minimum Gasteiger partial charge on any atom is -0.381 e. The molecule has 19 heavy (non-hydrogen) atoms. The first-order valence-corrected chi connectivity index (χ1v) is 6.87. The Balaban J connectivity index is 3.87. The molecule has 6 heteroatoms. The van der Waals surface area contributed by atoms with Crippen molar-refractivity contribution in [1.82, 2.24) is 16.0 Å². The van der Waals surface area contributed by atoms with Crippen molar-refractivity contribution in [1.29, 1.82) is 0 Å². The van der Waals surface area contributed by atoms with Gasteiger partial charge in [0, 0.05) is 32.2 Å². The van der Waals surface area contributed by atoms with Gasteiger partial charge in [-0.2, -0.15) is 0 Å². The highest BCUT2D eigenvalue weighted by Gasteiger charge is 2.24. The van der Waals surface area contributed by atoms with Gasteiger partial charge < -0.3 is 26.4 Å². The van der Waals surface area contributed by atoms with Crippen LogP contribution in [-0.4, -0.2) is 57.9 Å². The van der Waals surface area contributed by atoms with E-state index in [4.69, 9.17) is 10.5 Å². The zero-order valence-corrected chi connectivity index (χ0v) is 12.7. The van der Waals surface area contributed by atoms with Crippen molar-refractivity contribution in [2.75, 3.05) is 40.4 Å². The van der Waals surface area contributed by atoms with Crippen LogP contribution in [0.4, 0.5) is 0 Å². The second-order valence-electron chi connectivity index (χ2n) is 5.30. The Morgan fingerprint density at radius 2 is 1.84 bits per heavy atom. The van der Waals surface area contributed by atoms with E-state index in [2.05, 4.69) is 16.0 Å². The predicted molar refractivity (Wildman–Crippen MR) is 78.1 cm³/mol. The summed E-state index contributed by atoms with van der Waals surface area (Å²) in [5, 5.41) is 9.20. The number of ether oxygens (including phenoxy) is 1. The molecular formula is C13H30N4O2. The topological polar surface area (TPSA) is 88.4 Å². The van der Waals surface area contributed by atoms with Gasteiger partial charge in [-0.05, 0) is 34.4 Å². The predicted octanol–water partition coefficient (Wildman–Crippen LogP) is -0.556. The zero-order valence-electron chi connectivity index (χ0n) is 12.7. The largest absolute Gasteiger partial charge is 0.381 e. The van der Waals surface area contributed by atoms with Crippen molar-refractivity contribution >= 4 is 5.91 Å². The van der Waals surface area contributed by atoms with Crippen LogP contribution in [0.15, 0.2) is 0 Å². The van der Waals surface area contributed by atoms with Crippen molar-refractivity contribution in [3.8, 4) is 0 Å². The molecule has 0 rings (SSSR count). The molecule has 6 nitrogen and oxygen atoms in total. The molecule has 0 spiro atoms. The molecule has 0 aromatic carbocycles. The summed E-state index contributed by atoms with van der Waals surface area (Å²) in [7, 11) is 3.74. The van der Waals surface area contributed by atoms with Gasteiger partial charge in [0.2, 0.25) is 5.91 Å². The molecule has 5 N–H and O–H groups in total. The fourth-order valence-corrected chi connectivity index (χ4v) is 1.87. The van der Waals surface area contributed by atoms with Crippen molar-refractivity contribution < 1.29 is 9.53 Å². The summed E-state index contributed by atoms with van der Waals surface area (Å²) in [6, 6.07) is 0.142. The normalized spacial score (nSPS) is 13.3. The SMILES string of the molecule is CNCC(C)(CNC)NC(=O)CCOCCC(C)N. The van der Waals surface area contributed by atoms with Gasteiger partial charge in [0.15, 0.2) is 0 Å². The summed E-state index contributed by atoms with van der Waals surface area (Å²) in [6.07, 6.45) is 1.20. The van der Waals surface area contributed by atoms with Crippen molar-refractivity contribution in [3.63, 3.8) is 0 Å². The van der Waals surface area contributed by atoms with Crippen LogP contribution in [0, 0.1) is 0 Å². The van der Waals surface area contributed by atoms with Crippen LogP contribution >= 0.6 is 0 Å². The summed E-state index contributed by atoms with van der Waals surface area (Å²) in [6.45, 7) is 6.42. The molecule has 0 fully saturated rings. The molecule has 0 saturated heterocycles. The minimum absolute atomic E-state index is 0.00815. The first-order chi connectivity index (χ1) is 8.93. The summed E-state index contributed by atoms with van der Waals surface area (Å²) in [5.41, 5.74) is 5.33. The average molecular weight is 274 g/mol. The molecule has 114 valence electrons. The Kier molecular flexibility index (Phi) is 9.77. The molecule has 1 amide bonds. The highest BCUT2D eigenvalue weighted by atomic mass is 16.5. The van der Waals surface area contributed by atoms with E-state index in [0.29, 0.717) is 32.7 Å². The van der Waals surface area contributed by atoms with Gasteiger partial charge in [0.1, 0.15) is 0 Å². The fourth-order valence-electron chi connectivity index (χ4n) is 1.87. The lowest BCUT2D eigenvalue weighted by atomic mass is 10.0. The average Bonchev–Trinajstić information content (AvgIpc) is 2.28. The fraction of sp³-hybridized carbons (Fsp3) is 0.923. The maximum Gasteiger partial charge on any atom is 0.222 e. The van der Waals surface area contributed by atoms with Gasteiger partial charge in [0.25, 0.3) is 0 Å². The maximum absolute atomic E-state index is 11.8. The van der Waals surface area contributed by atoms with E-state index < -0.39 is 0 Å².